The summed E-state index contributed by atoms with van der Waals surface area (Å²) in [5, 5.41) is 14.9. The van der Waals surface area contributed by atoms with Gasteiger partial charge in [-0.25, -0.2) is 5.01 Å². The number of ether oxygens (including phenoxy) is 2. The Kier molecular flexibility index (Phi) is 6.49. The molecule has 1 atom stereocenters. The Balaban J connectivity index is 1.84. The molecule has 2 aromatic rings. The third-order valence-electron chi connectivity index (χ3n) is 4.87. The van der Waals surface area contributed by atoms with Crippen molar-refractivity contribution in [1.29, 1.82) is 0 Å². The van der Waals surface area contributed by atoms with Crippen molar-refractivity contribution in [1.82, 2.24) is 5.01 Å². The van der Waals surface area contributed by atoms with Crippen LogP contribution in [0.15, 0.2) is 53.6 Å². The summed E-state index contributed by atoms with van der Waals surface area (Å²) in [6.45, 7) is 0. The summed E-state index contributed by atoms with van der Waals surface area (Å²) in [4.78, 5) is 23.6. The highest BCUT2D eigenvalue weighted by Crippen LogP contribution is 2.34. The molecule has 0 spiro atoms. The zero-order chi connectivity index (χ0) is 20.8. The minimum absolute atomic E-state index is 0.0398. The Bertz CT molecular complexity index is 890. The van der Waals surface area contributed by atoms with Crippen LogP contribution in [0.4, 0.5) is 0 Å². The van der Waals surface area contributed by atoms with E-state index in [-0.39, 0.29) is 31.2 Å². The minimum Gasteiger partial charge on any atom is -0.497 e. The average Bonchev–Trinajstić information content (AvgIpc) is 3.19. The molecule has 1 amide bonds. The summed E-state index contributed by atoms with van der Waals surface area (Å²) in [6.07, 6.45) is 0.955. The second-order valence-electron chi connectivity index (χ2n) is 6.75. The molecular weight excluding hydrogens is 372 g/mol. The number of methoxy groups -OCH3 is 2. The number of aliphatic carboxylic acids is 1. The second-order valence-corrected chi connectivity index (χ2v) is 6.75. The van der Waals surface area contributed by atoms with Gasteiger partial charge in [0.25, 0.3) is 0 Å². The second kappa shape index (κ2) is 9.23. The predicted octanol–water partition coefficient (Wildman–Crippen LogP) is 3.64. The van der Waals surface area contributed by atoms with Gasteiger partial charge in [0.05, 0.1) is 26.0 Å². The van der Waals surface area contributed by atoms with E-state index in [4.69, 9.17) is 14.6 Å². The maximum absolute atomic E-state index is 12.8. The van der Waals surface area contributed by atoms with E-state index in [1.165, 1.54) is 5.01 Å². The van der Waals surface area contributed by atoms with Crippen molar-refractivity contribution in [2.75, 3.05) is 14.2 Å². The molecule has 29 heavy (non-hydrogen) atoms. The topological polar surface area (TPSA) is 88.4 Å². The molecule has 0 saturated carbocycles. The van der Waals surface area contributed by atoms with Crippen molar-refractivity contribution in [3.05, 3.63) is 59.7 Å². The number of nitrogens with zero attached hydrogens (tertiary/aromatic N) is 2. The minimum atomic E-state index is -0.909. The quantitative estimate of drug-likeness (QED) is 0.736. The first-order chi connectivity index (χ1) is 14.0. The van der Waals surface area contributed by atoms with Crippen LogP contribution in [0.25, 0.3) is 0 Å². The van der Waals surface area contributed by atoms with E-state index in [2.05, 4.69) is 5.10 Å². The molecule has 0 aromatic heterocycles. The van der Waals surface area contributed by atoms with Crippen LogP contribution in [0.2, 0.25) is 0 Å². The fraction of sp³-hybridized carbons (Fsp3) is 0.318. The molecule has 3 rings (SSSR count). The van der Waals surface area contributed by atoms with Crippen molar-refractivity contribution in [3.63, 3.8) is 0 Å². The van der Waals surface area contributed by atoms with Crippen molar-refractivity contribution in [3.8, 4) is 11.5 Å². The zero-order valence-electron chi connectivity index (χ0n) is 16.5. The van der Waals surface area contributed by atoms with Gasteiger partial charge in [-0.05, 0) is 53.9 Å². The van der Waals surface area contributed by atoms with E-state index >= 15 is 0 Å². The van der Waals surface area contributed by atoms with E-state index in [9.17, 15) is 9.59 Å². The largest absolute Gasteiger partial charge is 0.497 e. The number of hydrazone groups is 1. The number of carboxylic acids is 1. The number of carboxylic acid groups (broad SMARTS) is 1. The maximum Gasteiger partial charge on any atom is 0.303 e. The van der Waals surface area contributed by atoms with Crippen LogP contribution >= 0.6 is 0 Å². The highest BCUT2D eigenvalue weighted by atomic mass is 16.5. The third-order valence-corrected chi connectivity index (χ3v) is 4.87. The standard InChI is InChI=1S/C22H24N2O5/c1-28-17-10-6-15(7-11-17)19-14-20(16-8-12-18(29-2)13-9-16)24(23-19)21(25)4-3-5-22(26)27/h6-13,20H,3-5,14H2,1-2H3,(H,26,27)/t20-/m1/s1. The fourth-order valence-electron chi connectivity index (χ4n) is 3.29. The summed E-state index contributed by atoms with van der Waals surface area (Å²) in [5.41, 5.74) is 2.68. The molecule has 0 bridgehead atoms. The third kappa shape index (κ3) is 4.93. The maximum atomic E-state index is 12.8. The van der Waals surface area contributed by atoms with Gasteiger partial charge >= 0.3 is 5.97 Å². The number of amides is 1. The van der Waals surface area contributed by atoms with Gasteiger partial charge in [0.15, 0.2) is 0 Å². The molecule has 0 unspecified atom stereocenters. The highest BCUT2D eigenvalue weighted by Gasteiger charge is 2.32. The van der Waals surface area contributed by atoms with Gasteiger partial charge < -0.3 is 14.6 Å². The molecule has 1 heterocycles. The lowest BCUT2D eigenvalue weighted by atomic mass is 9.98. The summed E-state index contributed by atoms with van der Waals surface area (Å²) in [7, 11) is 3.22. The lowest BCUT2D eigenvalue weighted by Gasteiger charge is -2.22. The van der Waals surface area contributed by atoms with E-state index in [1.807, 2.05) is 48.5 Å². The number of rotatable bonds is 8. The first kappa shape index (κ1) is 20.4. The van der Waals surface area contributed by atoms with Gasteiger partial charge in [-0.2, -0.15) is 5.10 Å². The Morgan fingerprint density at radius 2 is 1.59 bits per heavy atom. The van der Waals surface area contributed by atoms with Crippen LogP contribution in [0, 0.1) is 0 Å². The van der Waals surface area contributed by atoms with E-state index in [1.54, 1.807) is 14.2 Å². The average molecular weight is 396 g/mol. The number of benzene rings is 2. The summed E-state index contributed by atoms with van der Waals surface area (Å²) >= 11 is 0. The number of hydrogen-bond donors (Lipinski definition) is 1. The van der Waals surface area contributed by atoms with Gasteiger partial charge in [-0.15, -0.1) is 0 Å². The molecule has 1 aliphatic heterocycles. The molecule has 0 saturated heterocycles. The molecule has 7 nitrogen and oxygen atoms in total. The number of carbonyl (C=O) groups excluding carboxylic acids is 1. The summed E-state index contributed by atoms with van der Waals surface area (Å²) in [6, 6.07) is 14.9. The van der Waals surface area contributed by atoms with Crippen LogP contribution in [0.5, 0.6) is 11.5 Å². The van der Waals surface area contributed by atoms with E-state index in [0.29, 0.717) is 6.42 Å². The predicted molar refractivity (Wildman–Crippen MR) is 108 cm³/mol. The lowest BCUT2D eigenvalue weighted by Crippen LogP contribution is -2.27. The molecule has 0 fully saturated rings. The van der Waals surface area contributed by atoms with Crippen LogP contribution in [0.1, 0.15) is 42.9 Å². The van der Waals surface area contributed by atoms with E-state index < -0.39 is 5.97 Å². The molecular formula is C22H24N2O5. The Labute approximate surface area is 169 Å². The van der Waals surface area contributed by atoms with Crippen molar-refractivity contribution in [2.24, 2.45) is 5.10 Å². The smallest absolute Gasteiger partial charge is 0.303 e. The number of carbonyl (C=O) groups is 2. The van der Waals surface area contributed by atoms with Gasteiger partial charge in [-0.3, -0.25) is 9.59 Å². The molecule has 1 N–H and O–H groups in total. The SMILES string of the molecule is COc1ccc(C2=NN(C(=O)CCCC(=O)O)[C@@H](c3ccc(OC)cc3)C2)cc1. The van der Waals surface area contributed by atoms with Gasteiger partial charge in [0, 0.05) is 19.3 Å². The van der Waals surface area contributed by atoms with Crippen LogP contribution in [-0.4, -0.2) is 41.9 Å². The number of hydrogen-bond acceptors (Lipinski definition) is 5. The summed E-state index contributed by atoms with van der Waals surface area (Å²) in [5.74, 6) is 0.395. The molecule has 2 aromatic carbocycles. The van der Waals surface area contributed by atoms with Gasteiger partial charge in [0.2, 0.25) is 5.91 Å². The van der Waals surface area contributed by atoms with Crippen LogP contribution < -0.4 is 9.47 Å². The monoisotopic (exact) mass is 396 g/mol. The lowest BCUT2D eigenvalue weighted by molar-refractivity contribution is -0.137. The fourth-order valence-corrected chi connectivity index (χ4v) is 3.29. The van der Waals surface area contributed by atoms with Crippen LogP contribution in [0.3, 0.4) is 0 Å². The Morgan fingerprint density at radius 3 is 2.14 bits per heavy atom. The molecule has 7 heteroatoms. The van der Waals surface area contributed by atoms with E-state index in [0.717, 1.165) is 28.3 Å². The van der Waals surface area contributed by atoms with Gasteiger partial charge in [0.1, 0.15) is 11.5 Å². The molecule has 0 radical (unpaired) electrons. The normalized spacial score (nSPS) is 15.7. The van der Waals surface area contributed by atoms with Crippen molar-refractivity contribution in [2.45, 2.75) is 31.7 Å². The zero-order valence-corrected chi connectivity index (χ0v) is 16.5. The van der Waals surface area contributed by atoms with Crippen molar-refractivity contribution >= 4 is 17.6 Å². The summed E-state index contributed by atoms with van der Waals surface area (Å²) < 4.78 is 10.4. The van der Waals surface area contributed by atoms with Gasteiger partial charge in [-0.1, -0.05) is 12.1 Å². The molecule has 152 valence electrons. The van der Waals surface area contributed by atoms with Crippen LogP contribution in [-0.2, 0) is 9.59 Å². The first-order valence-corrected chi connectivity index (χ1v) is 9.41. The highest BCUT2D eigenvalue weighted by molar-refractivity contribution is 6.03. The Morgan fingerprint density at radius 1 is 1.00 bits per heavy atom. The van der Waals surface area contributed by atoms with Crippen molar-refractivity contribution < 1.29 is 24.2 Å². The first-order valence-electron chi connectivity index (χ1n) is 9.41. The molecule has 0 aliphatic carbocycles. The molecule has 1 aliphatic rings. The Hall–Kier alpha value is -3.35.